The highest BCUT2D eigenvalue weighted by molar-refractivity contribution is 6.46. The summed E-state index contributed by atoms with van der Waals surface area (Å²) in [4.78, 5) is 31.9. The molecule has 1 unspecified atom stereocenters. The van der Waals surface area contributed by atoms with Crippen LogP contribution < -0.4 is 9.47 Å². The zero-order chi connectivity index (χ0) is 20.7. The molecule has 1 N–H and O–H groups in total. The molecule has 7 heteroatoms. The average molecular weight is 406 g/mol. The molecule has 1 amide bonds. The number of aliphatic hydroxyl groups is 1. The van der Waals surface area contributed by atoms with Gasteiger partial charge in [-0.25, -0.2) is 0 Å². The number of likely N-dealkylation sites (tertiary alicyclic amines) is 1. The zero-order valence-corrected chi connectivity index (χ0v) is 16.4. The number of amides is 1. The largest absolute Gasteiger partial charge is 0.507 e. The van der Waals surface area contributed by atoms with Crippen molar-refractivity contribution in [2.24, 2.45) is 0 Å². The highest BCUT2D eigenvalue weighted by atomic mass is 16.6. The summed E-state index contributed by atoms with van der Waals surface area (Å²) in [6.07, 6.45) is 7.05. The summed E-state index contributed by atoms with van der Waals surface area (Å²) in [5, 5.41) is 11.2. The van der Waals surface area contributed by atoms with E-state index in [2.05, 4.69) is 4.98 Å². The number of rotatable bonds is 3. The van der Waals surface area contributed by atoms with Gasteiger partial charge in [-0.1, -0.05) is 18.9 Å². The quantitative estimate of drug-likeness (QED) is 0.478. The Kier molecular flexibility index (Phi) is 4.65. The molecular formula is C23H22N2O5. The summed E-state index contributed by atoms with van der Waals surface area (Å²) in [7, 11) is 0. The Balaban J connectivity index is 1.64. The van der Waals surface area contributed by atoms with Crippen LogP contribution in [0.1, 0.15) is 42.9 Å². The maximum absolute atomic E-state index is 13.1. The lowest BCUT2D eigenvalue weighted by Gasteiger charge is -2.30. The number of Topliss-reactive ketones (excluding diaryl/α,β-unsaturated/α-hetero) is 1. The van der Waals surface area contributed by atoms with Crippen molar-refractivity contribution in [1.29, 1.82) is 0 Å². The van der Waals surface area contributed by atoms with Crippen molar-refractivity contribution < 1.29 is 24.2 Å². The molecule has 5 rings (SSSR count). The van der Waals surface area contributed by atoms with Gasteiger partial charge in [-0.15, -0.1) is 0 Å². The molecule has 0 bridgehead atoms. The van der Waals surface area contributed by atoms with E-state index in [9.17, 15) is 14.7 Å². The summed E-state index contributed by atoms with van der Waals surface area (Å²) in [5.41, 5.74) is 1.22. The van der Waals surface area contributed by atoms with E-state index >= 15 is 0 Å². The minimum atomic E-state index is -0.664. The van der Waals surface area contributed by atoms with E-state index in [1.54, 1.807) is 41.6 Å². The fraction of sp³-hybridized carbons (Fsp3) is 0.348. The van der Waals surface area contributed by atoms with Crippen LogP contribution in [0.3, 0.4) is 0 Å². The van der Waals surface area contributed by atoms with E-state index in [4.69, 9.17) is 9.47 Å². The minimum absolute atomic E-state index is 0.0165. The van der Waals surface area contributed by atoms with Gasteiger partial charge >= 0.3 is 0 Å². The third kappa shape index (κ3) is 3.01. The number of pyridine rings is 1. The van der Waals surface area contributed by atoms with Crippen LogP contribution in [0.4, 0.5) is 0 Å². The van der Waals surface area contributed by atoms with E-state index in [0.29, 0.717) is 35.8 Å². The van der Waals surface area contributed by atoms with Crippen molar-refractivity contribution in [2.75, 3.05) is 13.2 Å². The lowest BCUT2D eigenvalue weighted by molar-refractivity contribution is -0.141. The van der Waals surface area contributed by atoms with Crippen LogP contribution in [0, 0.1) is 0 Å². The Morgan fingerprint density at radius 1 is 1.07 bits per heavy atom. The summed E-state index contributed by atoms with van der Waals surface area (Å²) >= 11 is 0. The number of benzene rings is 1. The van der Waals surface area contributed by atoms with Crippen LogP contribution in [-0.2, 0) is 9.59 Å². The second kappa shape index (κ2) is 7.48. The van der Waals surface area contributed by atoms with E-state index in [1.165, 1.54) is 0 Å². The molecule has 1 aromatic carbocycles. The molecule has 1 aliphatic carbocycles. The maximum atomic E-state index is 13.1. The maximum Gasteiger partial charge on any atom is 0.295 e. The number of carbonyl (C=O) groups excluding carboxylic acids is 2. The monoisotopic (exact) mass is 406 g/mol. The lowest BCUT2D eigenvalue weighted by Crippen LogP contribution is -2.37. The normalized spacial score (nSPS) is 23.2. The molecule has 3 aliphatic rings. The van der Waals surface area contributed by atoms with Crippen molar-refractivity contribution in [1.82, 2.24) is 9.88 Å². The topological polar surface area (TPSA) is 89.0 Å². The van der Waals surface area contributed by atoms with E-state index < -0.39 is 17.7 Å². The molecule has 0 spiro atoms. The molecule has 30 heavy (non-hydrogen) atoms. The molecule has 1 atom stereocenters. The van der Waals surface area contributed by atoms with Gasteiger partial charge in [0.25, 0.3) is 11.7 Å². The fourth-order valence-corrected chi connectivity index (χ4v) is 4.62. The second-order valence-electron chi connectivity index (χ2n) is 7.79. The van der Waals surface area contributed by atoms with Crippen molar-refractivity contribution in [2.45, 2.75) is 37.8 Å². The number of fused-ring (bicyclic) bond motifs is 1. The molecule has 0 radical (unpaired) electrons. The molecule has 2 aliphatic heterocycles. The highest BCUT2D eigenvalue weighted by Gasteiger charge is 2.49. The number of hydrogen-bond acceptors (Lipinski definition) is 6. The first-order valence-corrected chi connectivity index (χ1v) is 10.2. The molecule has 1 saturated carbocycles. The Morgan fingerprint density at radius 3 is 2.57 bits per heavy atom. The van der Waals surface area contributed by atoms with Crippen LogP contribution in [-0.4, -0.2) is 45.9 Å². The molecule has 1 aromatic heterocycles. The number of aliphatic hydroxyl groups excluding tert-OH is 1. The Hall–Kier alpha value is -3.35. The Bertz CT molecular complexity index is 1030. The third-order valence-electron chi connectivity index (χ3n) is 6.01. The van der Waals surface area contributed by atoms with Gasteiger partial charge in [0.05, 0.1) is 11.6 Å². The number of ether oxygens (including phenoxy) is 2. The van der Waals surface area contributed by atoms with Crippen LogP contribution >= 0.6 is 0 Å². The van der Waals surface area contributed by atoms with Crippen LogP contribution in [0.5, 0.6) is 11.5 Å². The van der Waals surface area contributed by atoms with Crippen molar-refractivity contribution in [3.8, 4) is 11.5 Å². The Labute approximate surface area is 173 Å². The van der Waals surface area contributed by atoms with Crippen LogP contribution in [0.2, 0.25) is 0 Å². The van der Waals surface area contributed by atoms with Gasteiger partial charge in [-0.05, 0) is 42.7 Å². The first-order valence-electron chi connectivity index (χ1n) is 10.2. The summed E-state index contributed by atoms with van der Waals surface area (Å²) < 4.78 is 11.1. The van der Waals surface area contributed by atoms with Crippen molar-refractivity contribution in [3.05, 3.63) is 59.4 Å². The third-order valence-corrected chi connectivity index (χ3v) is 6.01. The van der Waals surface area contributed by atoms with Gasteiger partial charge in [0.2, 0.25) is 0 Å². The zero-order valence-electron chi connectivity index (χ0n) is 16.4. The smallest absolute Gasteiger partial charge is 0.295 e. The number of aromatic nitrogens is 1. The van der Waals surface area contributed by atoms with Gasteiger partial charge in [0.1, 0.15) is 19.0 Å². The van der Waals surface area contributed by atoms with E-state index in [-0.39, 0.29) is 17.4 Å². The van der Waals surface area contributed by atoms with E-state index in [1.807, 2.05) is 6.07 Å². The summed E-state index contributed by atoms with van der Waals surface area (Å²) in [5.74, 6) is -0.334. The molecule has 154 valence electrons. The predicted octanol–water partition coefficient (Wildman–Crippen LogP) is 3.22. The van der Waals surface area contributed by atoms with Gasteiger partial charge in [-0.2, -0.15) is 0 Å². The molecule has 2 aromatic rings. The van der Waals surface area contributed by atoms with Crippen LogP contribution in [0.25, 0.3) is 5.76 Å². The first kappa shape index (κ1) is 18.7. The van der Waals surface area contributed by atoms with Gasteiger partial charge in [-0.3, -0.25) is 14.6 Å². The summed E-state index contributed by atoms with van der Waals surface area (Å²) in [6.45, 7) is 0.880. The number of carbonyl (C=O) groups is 2. The lowest BCUT2D eigenvalue weighted by atomic mass is 9.95. The van der Waals surface area contributed by atoms with E-state index in [0.717, 1.165) is 25.7 Å². The predicted molar refractivity (Wildman–Crippen MR) is 108 cm³/mol. The molecule has 3 heterocycles. The standard InChI is InChI=1S/C23H22N2O5/c26-21(14-7-8-17-18(12-14)30-11-10-29-17)19-20(15-4-3-9-24-13-15)25(23(28)22(19)27)16-5-1-2-6-16/h3-4,7-9,12-13,16,20,26H,1-2,5-6,10-11H2/b21-19-. The number of ketones is 1. The average Bonchev–Trinajstić information content (AvgIpc) is 3.40. The number of nitrogens with zero attached hydrogens (tertiary/aromatic N) is 2. The SMILES string of the molecule is O=C1C(=O)N(C2CCCC2)C(c2cccnc2)/C1=C(/O)c1ccc2c(c1)OCCO2. The van der Waals surface area contributed by atoms with Gasteiger partial charge in [0, 0.05) is 24.0 Å². The molecule has 7 nitrogen and oxygen atoms in total. The number of hydrogen-bond donors (Lipinski definition) is 1. The van der Waals surface area contributed by atoms with Crippen molar-refractivity contribution >= 4 is 17.4 Å². The molecule has 2 fully saturated rings. The molecular weight excluding hydrogens is 384 g/mol. The minimum Gasteiger partial charge on any atom is -0.507 e. The fourth-order valence-electron chi connectivity index (χ4n) is 4.62. The van der Waals surface area contributed by atoms with Gasteiger partial charge in [0.15, 0.2) is 11.5 Å². The first-order chi connectivity index (χ1) is 14.6. The molecule has 1 saturated heterocycles. The van der Waals surface area contributed by atoms with Crippen LogP contribution in [0.15, 0.2) is 48.3 Å². The second-order valence-corrected chi connectivity index (χ2v) is 7.79. The van der Waals surface area contributed by atoms with Crippen molar-refractivity contribution in [3.63, 3.8) is 0 Å². The highest BCUT2D eigenvalue weighted by Crippen LogP contribution is 2.44. The van der Waals surface area contributed by atoms with Gasteiger partial charge < -0.3 is 19.5 Å². The Morgan fingerprint density at radius 2 is 1.83 bits per heavy atom. The summed E-state index contributed by atoms with van der Waals surface area (Å²) in [6, 6.07) is 7.96.